The number of nitrogens with two attached hydrogens (primary N) is 1. The van der Waals surface area contributed by atoms with Gasteiger partial charge in [-0.05, 0) is 24.0 Å². The van der Waals surface area contributed by atoms with Crippen LogP contribution >= 0.6 is 0 Å². The minimum Gasteiger partial charge on any atom is -0.330 e. The standard InChI is InChI=1S/C10H19N5/c1-15-13-10(12-14-15)9(7-11)8-5-3-2-4-6-8/h8-9H,2-7,11H2,1H3. The Balaban J connectivity index is 2.08. The normalized spacial score (nSPS) is 20.4. The Morgan fingerprint density at radius 2 is 2.13 bits per heavy atom. The second-order valence-corrected chi connectivity index (χ2v) is 4.38. The highest BCUT2D eigenvalue weighted by molar-refractivity contribution is 4.96. The summed E-state index contributed by atoms with van der Waals surface area (Å²) >= 11 is 0. The van der Waals surface area contributed by atoms with Crippen LogP contribution < -0.4 is 5.73 Å². The first-order chi connectivity index (χ1) is 7.31. The molecule has 1 saturated carbocycles. The Bertz CT molecular complexity index is 303. The van der Waals surface area contributed by atoms with Gasteiger partial charge in [0, 0.05) is 12.5 Å². The zero-order valence-electron chi connectivity index (χ0n) is 9.26. The van der Waals surface area contributed by atoms with Gasteiger partial charge in [-0.3, -0.25) is 0 Å². The van der Waals surface area contributed by atoms with Crippen LogP contribution in [0.4, 0.5) is 0 Å². The van der Waals surface area contributed by atoms with Crippen molar-refractivity contribution in [2.45, 2.75) is 38.0 Å². The van der Waals surface area contributed by atoms with Crippen LogP contribution in [0.15, 0.2) is 0 Å². The van der Waals surface area contributed by atoms with Crippen LogP contribution in [0.3, 0.4) is 0 Å². The molecule has 1 heterocycles. The maximum Gasteiger partial charge on any atom is 0.179 e. The van der Waals surface area contributed by atoms with Crippen LogP contribution in [0.25, 0.3) is 0 Å². The molecule has 5 nitrogen and oxygen atoms in total. The Morgan fingerprint density at radius 1 is 1.40 bits per heavy atom. The lowest BCUT2D eigenvalue weighted by Crippen LogP contribution is -2.24. The number of rotatable bonds is 3. The summed E-state index contributed by atoms with van der Waals surface area (Å²) in [5.74, 6) is 1.79. The number of nitrogens with zero attached hydrogens (tertiary/aromatic N) is 4. The van der Waals surface area contributed by atoms with Gasteiger partial charge in [-0.1, -0.05) is 19.3 Å². The summed E-state index contributed by atoms with van der Waals surface area (Å²) in [6, 6.07) is 0. The smallest absolute Gasteiger partial charge is 0.179 e. The second kappa shape index (κ2) is 4.70. The SMILES string of the molecule is Cn1nnc(C(CN)C2CCCCC2)n1. The fourth-order valence-electron chi connectivity index (χ4n) is 2.49. The molecule has 2 rings (SSSR count). The van der Waals surface area contributed by atoms with Gasteiger partial charge >= 0.3 is 0 Å². The van der Waals surface area contributed by atoms with Crippen LogP contribution in [-0.2, 0) is 7.05 Å². The molecule has 1 aromatic rings. The number of aryl methyl sites for hydroxylation is 1. The highest BCUT2D eigenvalue weighted by Gasteiger charge is 2.27. The maximum absolute atomic E-state index is 5.83. The van der Waals surface area contributed by atoms with Crippen LogP contribution in [0.1, 0.15) is 43.8 Å². The van der Waals surface area contributed by atoms with Crippen molar-refractivity contribution >= 4 is 0 Å². The van der Waals surface area contributed by atoms with E-state index in [-0.39, 0.29) is 0 Å². The van der Waals surface area contributed by atoms with E-state index in [4.69, 9.17) is 5.73 Å². The Kier molecular flexibility index (Phi) is 3.30. The lowest BCUT2D eigenvalue weighted by Gasteiger charge is -2.27. The van der Waals surface area contributed by atoms with Gasteiger partial charge in [0.25, 0.3) is 0 Å². The van der Waals surface area contributed by atoms with Gasteiger partial charge in [0.2, 0.25) is 0 Å². The molecule has 1 aliphatic rings. The summed E-state index contributed by atoms with van der Waals surface area (Å²) in [6.07, 6.45) is 6.53. The van der Waals surface area contributed by atoms with Crippen LogP contribution in [0.2, 0.25) is 0 Å². The molecule has 0 aliphatic heterocycles. The molecular weight excluding hydrogens is 190 g/mol. The predicted octanol–water partition coefficient (Wildman–Crippen LogP) is 0.833. The molecular formula is C10H19N5. The number of tetrazole rings is 1. The van der Waals surface area contributed by atoms with E-state index in [2.05, 4.69) is 15.4 Å². The van der Waals surface area contributed by atoms with Crippen molar-refractivity contribution in [1.29, 1.82) is 0 Å². The molecule has 1 unspecified atom stereocenters. The molecule has 0 aromatic carbocycles. The first kappa shape index (κ1) is 10.5. The third kappa shape index (κ3) is 2.34. The molecule has 2 N–H and O–H groups in total. The third-order valence-corrected chi connectivity index (χ3v) is 3.33. The minimum atomic E-state index is 0.305. The topological polar surface area (TPSA) is 69.6 Å². The Hall–Kier alpha value is -0.970. The average molecular weight is 209 g/mol. The molecule has 1 fully saturated rings. The van der Waals surface area contributed by atoms with Crippen molar-refractivity contribution in [3.8, 4) is 0 Å². The monoisotopic (exact) mass is 209 g/mol. The lowest BCUT2D eigenvalue weighted by molar-refractivity contribution is 0.300. The van der Waals surface area contributed by atoms with E-state index in [1.807, 2.05) is 0 Å². The molecule has 0 bridgehead atoms. The van der Waals surface area contributed by atoms with Crippen molar-refractivity contribution in [1.82, 2.24) is 20.2 Å². The highest BCUT2D eigenvalue weighted by atomic mass is 15.6. The first-order valence-corrected chi connectivity index (χ1v) is 5.75. The third-order valence-electron chi connectivity index (χ3n) is 3.33. The second-order valence-electron chi connectivity index (χ2n) is 4.38. The molecule has 1 aliphatic carbocycles. The molecule has 1 aromatic heterocycles. The van der Waals surface area contributed by atoms with Gasteiger partial charge in [0.05, 0.1) is 7.05 Å². The van der Waals surface area contributed by atoms with Gasteiger partial charge in [0.15, 0.2) is 5.82 Å². The van der Waals surface area contributed by atoms with Crippen LogP contribution in [0.5, 0.6) is 0 Å². The van der Waals surface area contributed by atoms with Crippen LogP contribution in [0, 0.1) is 5.92 Å². The van der Waals surface area contributed by atoms with Crippen molar-refractivity contribution in [3.05, 3.63) is 5.82 Å². The van der Waals surface area contributed by atoms with Gasteiger partial charge < -0.3 is 5.73 Å². The molecule has 0 spiro atoms. The van der Waals surface area contributed by atoms with E-state index in [0.29, 0.717) is 18.4 Å². The predicted molar refractivity (Wildman–Crippen MR) is 57.2 cm³/mol. The summed E-state index contributed by atoms with van der Waals surface area (Å²) < 4.78 is 0. The van der Waals surface area contributed by atoms with Crippen molar-refractivity contribution in [2.75, 3.05) is 6.54 Å². The zero-order chi connectivity index (χ0) is 10.7. The van der Waals surface area contributed by atoms with Crippen molar-refractivity contribution in [2.24, 2.45) is 18.7 Å². The van der Waals surface area contributed by atoms with Crippen molar-refractivity contribution in [3.63, 3.8) is 0 Å². The van der Waals surface area contributed by atoms with Crippen LogP contribution in [-0.4, -0.2) is 26.8 Å². The largest absolute Gasteiger partial charge is 0.330 e. The summed E-state index contributed by atoms with van der Waals surface area (Å²) in [7, 11) is 1.80. The minimum absolute atomic E-state index is 0.305. The number of aromatic nitrogens is 4. The number of hydrogen-bond donors (Lipinski definition) is 1. The van der Waals surface area contributed by atoms with E-state index in [9.17, 15) is 0 Å². The molecule has 5 heteroatoms. The van der Waals surface area contributed by atoms with Gasteiger partial charge in [0.1, 0.15) is 0 Å². The summed E-state index contributed by atoms with van der Waals surface area (Å²) in [5.41, 5.74) is 5.83. The first-order valence-electron chi connectivity index (χ1n) is 5.75. The van der Waals surface area contributed by atoms with E-state index >= 15 is 0 Å². The Morgan fingerprint density at radius 3 is 2.67 bits per heavy atom. The number of hydrogen-bond acceptors (Lipinski definition) is 4. The molecule has 15 heavy (non-hydrogen) atoms. The molecule has 0 saturated heterocycles. The van der Waals surface area contributed by atoms with Gasteiger partial charge in [-0.2, -0.15) is 4.80 Å². The average Bonchev–Trinajstić information content (AvgIpc) is 2.68. The summed E-state index contributed by atoms with van der Waals surface area (Å²) in [4.78, 5) is 1.51. The Labute approximate surface area is 90.0 Å². The van der Waals surface area contributed by atoms with Crippen molar-refractivity contribution < 1.29 is 0 Å². The fourth-order valence-corrected chi connectivity index (χ4v) is 2.49. The van der Waals surface area contributed by atoms with E-state index in [1.165, 1.54) is 36.9 Å². The summed E-state index contributed by atoms with van der Waals surface area (Å²) in [5, 5.41) is 12.2. The molecule has 84 valence electrons. The van der Waals surface area contributed by atoms with E-state index in [1.54, 1.807) is 7.05 Å². The maximum atomic E-state index is 5.83. The van der Waals surface area contributed by atoms with E-state index < -0.39 is 0 Å². The fraction of sp³-hybridized carbons (Fsp3) is 0.900. The summed E-state index contributed by atoms with van der Waals surface area (Å²) in [6.45, 7) is 0.635. The molecule has 0 radical (unpaired) electrons. The molecule has 0 amide bonds. The van der Waals surface area contributed by atoms with Gasteiger partial charge in [-0.15, -0.1) is 10.2 Å². The highest BCUT2D eigenvalue weighted by Crippen LogP contribution is 2.33. The quantitative estimate of drug-likeness (QED) is 0.800. The van der Waals surface area contributed by atoms with Gasteiger partial charge in [-0.25, -0.2) is 0 Å². The lowest BCUT2D eigenvalue weighted by atomic mass is 9.79. The molecule has 1 atom stereocenters. The zero-order valence-corrected chi connectivity index (χ0v) is 9.26. The van der Waals surface area contributed by atoms with E-state index in [0.717, 1.165) is 5.82 Å².